The van der Waals surface area contributed by atoms with E-state index in [2.05, 4.69) is 15.0 Å². The number of nitrogens with one attached hydrogen (secondary N) is 2. The summed E-state index contributed by atoms with van der Waals surface area (Å²) in [5.41, 5.74) is 3.90. The summed E-state index contributed by atoms with van der Waals surface area (Å²) < 4.78 is 69.8. The fourth-order valence-corrected chi connectivity index (χ4v) is 6.40. The van der Waals surface area contributed by atoms with Crippen molar-refractivity contribution in [2.75, 3.05) is 15.9 Å². The van der Waals surface area contributed by atoms with Gasteiger partial charge in [-0.05, 0) is 92.6 Å². The minimum Gasteiger partial charge on any atom is -0.351 e. The van der Waals surface area contributed by atoms with Gasteiger partial charge in [-0.15, -0.1) is 0 Å². The molecule has 0 unspecified atom stereocenters. The van der Waals surface area contributed by atoms with E-state index in [1.54, 1.807) is 55.8 Å². The Morgan fingerprint density at radius 1 is 1.00 bits per heavy atom. The third kappa shape index (κ3) is 5.53. The van der Waals surface area contributed by atoms with E-state index in [9.17, 15) is 21.6 Å². The lowest BCUT2D eigenvalue weighted by atomic mass is 9.96. The Morgan fingerprint density at radius 2 is 1.71 bits per heavy atom. The lowest BCUT2D eigenvalue weighted by Crippen LogP contribution is -2.29. The molecule has 1 aliphatic heterocycles. The lowest BCUT2D eigenvalue weighted by Gasteiger charge is -2.29. The molecule has 0 bridgehead atoms. The number of nitrogens with zero attached hydrogens (tertiary/aromatic N) is 3. The fourth-order valence-electron chi connectivity index (χ4n) is 5.43. The van der Waals surface area contributed by atoms with Crippen molar-refractivity contribution in [1.82, 2.24) is 14.9 Å². The van der Waals surface area contributed by atoms with Gasteiger partial charge in [0.2, 0.25) is 10.0 Å². The third-order valence-electron chi connectivity index (χ3n) is 7.12. The highest BCUT2D eigenvalue weighted by atomic mass is 32.2. The normalized spacial score (nSPS) is 17.5. The Kier molecular flexibility index (Phi) is 7.33. The Hall–Kier alpha value is -3.90. The molecule has 0 amide bonds. The van der Waals surface area contributed by atoms with Crippen LogP contribution in [-0.2, 0) is 16.2 Å². The van der Waals surface area contributed by atoms with Crippen molar-refractivity contribution in [3.05, 3.63) is 107 Å². The van der Waals surface area contributed by atoms with Gasteiger partial charge in [-0.3, -0.25) is 9.71 Å². The second kappa shape index (κ2) is 10.5. The molecule has 2 aromatic carbocycles. The highest BCUT2D eigenvalue weighted by molar-refractivity contribution is 7.92. The number of pyridine rings is 1. The van der Waals surface area contributed by atoms with Gasteiger partial charge in [0.25, 0.3) is 0 Å². The van der Waals surface area contributed by atoms with E-state index >= 15 is 0 Å². The van der Waals surface area contributed by atoms with Crippen LogP contribution < -0.4 is 14.9 Å². The molecular weight excluding hydrogens is 571 g/mol. The third-order valence-corrected chi connectivity index (χ3v) is 8.03. The van der Waals surface area contributed by atoms with Crippen LogP contribution in [0, 0.1) is 20.8 Å². The molecule has 7 nitrogen and oxygen atoms in total. The molecule has 2 atom stereocenters. The largest absolute Gasteiger partial charge is 0.418 e. The standard InChI is InChI=1S/C29H28F3N5O2S2/c1-17-15-20(12-13-23(17)35-41(4,38)39)37-27(26(34-28(37)40)24-10-7-8-14-33-24)21-16-18(2)36(19(21)3)25-11-6-5-9-22(25)29(30,31)32/h5-16,26-27,35H,1-4H3,(H,34,40)/t26-,27-/m1/s1. The van der Waals surface area contributed by atoms with Crippen LogP contribution in [0.25, 0.3) is 5.69 Å². The van der Waals surface area contributed by atoms with Gasteiger partial charge in [0.15, 0.2) is 5.11 Å². The van der Waals surface area contributed by atoms with Gasteiger partial charge in [-0.25, -0.2) is 8.42 Å². The van der Waals surface area contributed by atoms with E-state index in [1.807, 2.05) is 29.2 Å². The summed E-state index contributed by atoms with van der Waals surface area (Å²) in [4.78, 5) is 6.46. The predicted octanol–water partition coefficient (Wildman–Crippen LogP) is 6.36. The van der Waals surface area contributed by atoms with Crippen molar-refractivity contribution in [3.8, 4) is 5.69 Å². The number of para-hydroxylation sites is 1. The molecule has 41 heavy (non-hydrogen) atoms. The van der Waals surface area contributed by atoms with Crippen LogP contribution in [0.1, 0.15) is 45.9 Å². The summed E-state index contributed by atoms with van der Waals surface area (Å²) in [6.45, 7) is 5.36. The summed E-state index contributed by atoms with van der Waals surface area (Å²) in [5, 5.41) is 3.78. The molecule has 2 N–H and O–H groups in total. The van der Waals surface area contributed by atoms with Crippen molar-refractivity contribution >= 4 is 38.7 Å². The number of hydrogen-bond acceptors (Lipinski definition) is 4. The number of sulfonamides is 1. The van der Waals surface area contributed by atoms with E-state index in [-0.39, 0.29) is 5.69 Å². The quantitative estimate of drug-likeness (QED) is 0.251. The van der Waals surface area contributed by atoms with Crippen molar-refractivity contribution in [2.45, 2.75) is 39.0 Å². The first-order chi connectivity index (χ1) is 19.3. The predicted molar refractivity (Wildman–Crippen MR) is 158 cm³/mol. The minimum atomic E-state index is -4.53. The Labute approximate surface area is 242 Å². The molecule has 1 fully saturated rings. The number of hydrogen-bond donors (Lipinski definition) is 2. The van der Waals surface area contributed by atoms with Crippen molar-refractivity contribution in [3.63, 3.8) is 0 Å². The zero-order valence-electron chi connectivity index (χ0n) is 22.7. The summed E-state index contributed by atoms with van der Waals surface area (Å²) >= 11 is 5.81. The van der Waals surface area contributed by atoms with Gasteiger partial charge >= 0.3 is 6.18 Å². The molecule has 5 rings (SSSR count). The molecule has 0 spiro atoms. The molecule has 4 aromatic rings. The van der Waals surface area contributed by atoms with Crippen LogP contribution in [0.2, 0.25) is 0 Å². The summed E-state index contributed by atoms with van der Waals surface area (Å²) in [6.07, 6.45) is -1.77. The molecule has 12 heteroatoms. The second-order valence-electron chi connectivity index (χ2n) is 10.0. The van der Waals surface area contributed by atoms with Crippen LogP contribution in [0.5, 0.6) is 0 Å². The molecular formula is C29H28F3N5O2S2. The fraction of sp³-hybridized carbons (Fsp3) is 0.241. The lowest BCUT2D eigenvalue weighted by molar-refractivity contribution is -0.137. The molecule has 3 heterocycles. The summed E-state index contributed by atoms with van der Waals surface area (Å²) in [7, 11) is -3.48. The summed E-state index contributed by atoms with van der Waals surface area (Å²) in [6, 6.07) is 17.3. The van der Waals surface area contributed by atoms with Gasteiger partial charge < -0.3 is 14.8 Å². The maximum absolute atomic E-state index is 14.0. The molecule has 0 aliphatic carbocycles. The van der Waals surface area contributed by atoms with Crippen LogP contribution in [0.15, 0.2) is 72.9 Å². The number of aromatic nitrogens is 2. The zero-order chi connectivity index (χ0) is 29.7. The van der Waals surface area contributed by atoms with Crippen molar-refractivity contribution in [1.29, 1.82) is 0 Å². The van der Waals surface area contributed by atoms with Gasteiger partial charge in [-0.1, -0.05) is 18.2 Å². The number of anilines is 2. The van der Waals surface area contributed by atoms with Gasteiger partial charge in [0, 0.05) is 23.3 Å². The maximum atomic E-state index is 14.0. The zero-order valence-corrected chi connectivity index (χ0v) is 24.3. The first kappa shape index (κ1) is 28.6. The van der Waals surface area contributed by atoms with E-state index in [0.717, 1.165) is 23.6 Å². The maximum Gasteiger partial charge on any atom is 0.418 e. The van der Waals surface area contributed by atoms with E-state index in [1.165, 1.54) is 12.1 Å². The number of halogens is 3. The molecule has 0 radical (unpaired) electrons. The molecule has 0 saturated carbocycles. The number of thiocarbonyl (C=S) groups is 1. The number of rotatable bonds is 6. The number of benzene rings is 2. The van der Waals surface area contributed by atoms with Crippen LogP contribution in [0.4, 0.5) is 24.5 Å². The SMILES string of the molecule is Cc1cc(N2C(=S)N[C@H](c3ccccn3)[C@H]2c2cc(C)n(-c3ccccc3C(F)(F)F)c2C)ccc1NS(C)(=O)=O. The average molecular weight is 600 g/mol. The van der Waals surface area contributed by atoms with Crippen LogP contribution >= 0.6 is 12.2 Å². The number of alkyl halides is 3. The Balaban J connectivity index is 1.68. The highest BCUT2D eigenvalue weighted by Crippen LogP contribution is 2.45. The van der Waals surface area contributed by atoms with Gasteiger partial charge in [-0.2, -0.15) is 13.2 Å². The minimum absolute atomic E-state index is 0.0442. The van der Waals surface area contributed by atoms with E-state index in [0.29, 0.717) is 33.4 Å². The molecule has 2 aromatic heterocycles. The van der Waals surface area contributed by atoms with Gasteiger partial charge in [0.05, 0.1) is 41.0 Å². The second-order valence-corrected chi connectivity index (χ2v) is 12.2. The Morgan fingerprint density at radius 3 is 2.34 bits per heavy atom. The molecule has 1 aliphatic rings. The Bertz CT molecular complexity index is 1740. The molecule has 214 valence electrons. The smallest absolute Gasteiger partial charge is 0.351 e. The first-order valence-corrected chi connectivity index (χ1v) is 15.0. The highest BCUT2D eigenvalue weighted by Gasteiger charge is 2.43. The van der Waals surface area contributed by atoms with E-state index in [4.69, 9.17) is 12.2 Å². The van der Waals surface area contributed by atoms with Crippen molar-refractivity contribution < 1.29 is 21.6 Å². The monoisotopic (exact) mass is 599 g/mol. The first-order valence-electron chi connectivity index (χ1n) is 12.7. The van der Waals surface area contributed by atoms with E-state index < -0.39 is 33.8 Å². The van der Waals surface area contributed by atoms with Crippen LogP contribution in [0.3, 0.4) is 0 Å². The van der Waals surface area contributed by atoms with Gasteiger partial charge in [0.1, 0.15) is 0 Å². The van der Waals surface area contributed by atoms with Crippen molar-refractivity contribution in [2.24, 2.45) is 0 Å². The average Bonchev–Trinajstić information content (AvgIpc) is 3.39. The van der Waals surface area contributed by atoms with Crippen LogP contribution in [-0.4, -0.2) is 29.3 Å². The summed E-state index contributed by atoms with van der Waals surface area (Å²) in [5.74, 6) is 0. The topological polar surface area (TPSA) is 79.3 Å². The molecule has 1 saturated heterocycles. The number of aryl methyl sites for hydroxylation is 2.